The first-order valence-electron chi connectivity index (χ1n) is 8.41. The highest BCUT2D eigenvalue weighted by Crippen LogP contribution is 2.38. The number of benzene rings is 1. The average Bonchev–Trinajstić information content (AvgIpc) is 2.98. The molecule has 0 aliphatic rings. The zero-order chi connectivity index (χ0) is 20.1. The van der Waals surface area contributed by atoms with Gasteiger partial charge < -0.3 is 4.57 Å². The highest BCUT2D eigenvalue weighted by atomic mass is 79.9. The van der Waals surface area contributed by atoms with E-state index in [9.17, 15) is 13.2 Å². The Morgan fingerprint density at radius 2 is 1.93 bits per heavy atom. The van der Waals surface area contributed by atoms with Crippen LogP contribution in [-0.2, 0) is 13.2 Å². The first-order chi connectivity index (χ1) is 13.3. The monoisotopic (exact) mass is 466 g/mol. The SMILES string of the molecule is CCSc1c(-c2nc3cc(C(F)(F)F)cnc3n2C)ncc2c(Br)cccc12. The van der Waals surface area contributed by atoms with Crippen molar-refractivity contribution in [3.63, 3.8) is 0 Å². The molecule has 9 heteroatoms. The van der Waals surface area contributed by atoms with Crippen LogP contribution in [0.5, 0.6) is 0 Å². The maximum absolute atomic E-state index is 13.0. The zero-order valence-electron chi connectivity index (χ0n) is 14.9. The summed E-state index contributed by atoms with van der Waals surface area (Å²) in [4.78, 5) is 14.0. The lowest BCUT2D eigenvalue weighted by Gasteiger charge is -2.12. The van der Waals surface area contributed by atoms with E-state index in [0.717, 1.165) is 38.2 Å². The molecule has 0 unspecified atom stereocenters. The highest BCUT2D eigenvalue weighted by molar-refractivity contribution is 9.10. The molecule has 1 aromatic carbocycles. The van der Waals surface area contributed by atoms with Gasteiger partial charge in [0.25, 0.3) is 0 Å². The van der Waals surface area contributed by atoms with Crippen LogP contribution in [0.3, 0.4) is 0 Å². The van der Waals surface area contributed by atoms with Crippen LogP contribution in [0, 0.1) is 0 Å². The number of aromatic nitrogens is 4. The van der Waals surface area contributed by atoms with Crippen molar-refractivity contribution >= 4 is 49.6 Å². The van der Waals surface area contributed by atoms with Gasteiger partial charge in [-0.25, -0.2) is 9.97 Å². The Labute approximate surface area is 171 Å². The van der Waals surface area contributed by atoms with Gasteiger partial charge in [0.05, 0.1) is 5.56 Å². The van der Waals surface area contributed by atoms with Crippen LogP contribution in [0.2, 0.25) is 0 Å². The van der Waals surface area contributed by atoms with Crippen molar-refractivity contribution in [2.24, 2.45) is 7.05 Å². The van der Waals surface area contributed by atoms with Gasteiger partial charge in [-0.2, -0.15) is 13.2 Å². The van der Waals surface area contributed by atoms with Crippen molar-refractivity contribution in [2.75, 3.05) is 5.75 Å². The Bertz CT molecular complexity index is 1200. The minimum Gasteiger partial charge on any atom is -0.310 e. The fourth-order valence-electron chi connectivity index (χ4n) is 3.07. The third-order valence-corrected chi connectivity index (χ3v) is 6.05. The molecule has 0 aliphatic carbocycles. The summed E-state index contributed by atoms with van der Waals surface area (Å²) < 4.78 is 41.7. The van der Waals surface area contributed by atoms with Crippen molar-refractivity contribution in [1.29, 1.82) is 0 Å². The van der Waals surface area contributed by atoms with Gasteiger partial charge in [-0.1, -0.05) is 35.0 Å². The van der Waals surface area contributed by atoms with E-state index in [0.29, 0.717) is 17.2 Å². The van der Waals surface area contributed by atoms with Crippen molar-refractivity contribution in [3.05, 3.63) is 46.7 Å². The second kappa shape index (κ2) is 7.04. The van der Waals surface area contributed by atoms with Gasteiger partial charge in [0.2, 0.25) is 0 Å². The van der Waals surface area contributed by atoms with E-state index in [-0.39, 0.29) is 5.52 Å². The number of alkyl halides is 3. The largest absolute Gasteiger partial charge is 0.417 e. The van der Waals surface area contributed by atoms with Gasteiger partial charge in [-0.05, 0) is 17.9 Å². The molecule has 144 valence electrons. The summed E-state index contributed by atoms with van der Waals surface area (Å²) in [5, 5.41) is 1.99. The topological polar surface area (TPSA) is 43.6 Å². The number of pyridine rings is 2. The Morgan fingerprint density at radius 1 is 1.14 bits per heavy atom. The fraction of sp³-hybridized carbons (Fsp3) is 0.211. The van der Waals surface area contributed by atoms with E-state index in [4.69, 9.17) is 0 Å². The van der Waals surface area contributed by atoms with Gasteiger partial charge in [0.1, 0.15) is 11.2 Å². The standard InChI is InChI=1S/C19H14BrF3N4S/c1-3-28-16-11-5-4-6-13(20)12(11)9-24-15(16)18-26-14-7-10(19(21,22)23)8-25-17(14)27(18)2/h4-9H,3H2,1-2H3. The quantitative estimate of drug-likeness (QED) is 0.343. The zero-order valence-corrected chi connectivity index (χ0v) is 17.3. The molecule has 0 spiro atoms. The number of halogens is 4. The van der Waals surface area contributed by atoms with E-state index in [2.05, 4.69) is 30.9 Å². The van der Waals surface area contributed by atoms with Gasteiger partial charge in [0, 0.05) is 39.6 Å². The van der Waals surface area contributed by atoms with Crippen LogP contribution >= 0.6 is 27.7 Å². The van der Waals surface area contributed by atoms with E-state index >= 15 is 0 Å². The molecule has 0 radical (unpaired) electrons. The van der Waals surface area contributed by atoms with E-state index in [1.807, 2.05) is 25.1 Å². The third-order valence-electron chi connectivity index (χ3n) is 4.37. The molecule has 3 aromatic heterocycles. The predicted octanol–water partition coefficient (Wildman–Crippen LogP) is 6.08. The van der Waals surface area contributed by atoms with Crippen molar-refractivity contribution in [2.45, 2.75) is 18.0 Å². The summed E-state index contributed by atoms with van der Waals surface area (Å²) in [5.74, 6) is 1.31. The lowest BCUT2D eigenvalue weighted by molar-refractivity contribution is -0.137. The molecule has 0 fully saturated rings. The fourth-order valence-corrected chi connectivity index (χ4v) is 4.45. The Balaban J connectivity index is 1.98. The van der Waals surface area contributed by atoms with Crippen molar-refractivity contribution in [1.82, 2.24) is 19.5 Å². The van der Waals surface area contributed by atoms with Crippen LogP contribution in [0.1, 0.15) is 12.5 Å². The molecular weight excluding hydrogens is 453 g/mol. The number of rotatable bonds is 3. The third kappa shape index (κ3) is 3.16. The van der Waals surface area contributed by atoms with E-state index < -0.39 is 11.7 Å². The summed E-state index contributed by atoms with van der Waals surface area (Å²) in [5.41, 5.74) is 0.386. The Morgan fingerprint density at radius 3 is 2.64 bits per heavy atom. The highest BCUT2D eigenvalue weighted by Gasteiger charge is 2.32. The first kappa shape index (κ1) is 19.2. The van der Waals surface area contributed by atoms with Gasteiger partial charge in [-0.3, -0.25) is 4.98 Å². The number of hydrogen-bond donors (Lipinski definition) is 0. The Kier molecular flexibility index (Phi) is 4.83. The molecule has 28 heavy (non-hydrogen) atoms. The molecule has 4 aromatic rings. The number of hydrogen-bond acceptors (Lipinski definition) is 4. The lowest BCUT2D eigenvalue weighted by atomic mass is 10.1. The molecule has 4 rings (SSSR count). The molecule has 0 aliphatic heterocycles. The summed E-state index contributed by atoms with van der Waals surface area (Å²) in [6.07, 6.45) is -1.88. The maximum Gasteiger partial charge on any atom is 0.417 e. The number of thioether (sulfide) groups is 1. The molecule has 0 saturated carbocycles. The summed E-state index contributed by atoms with van der Waals surface area (Å²) >= 11 is 5.17. The summed E-state index contributed by atoms with van der Waals surface area (Å²) in [6.45, 7) is 2.04. The second-order valence-electron chi connectivity index (χ2n) is 6.13. The normalized spacial score (nSPS) is 12.2. The minimum absolute atomic E-state index is 0.191. The number of imidazole rings is 1. The molecule has 0 saturated heterocycles. The van der Waals surface area contributed by atoms with Gasteiger partial charge in [0.15, 0.2) is 11.5 Å². The van der Waals surface area contributed by atoms with E-state index in [1.54, 1.807) is 29.6 Å². The maximum atomic E-state index is 13.0. The summed E-state index contributed by atoms with van der Waals surface area (Å²) in [6, 6.07) is 6.92. The van der Waals surface area contributed by atoms with Gasteiger partial charge >= 0.3 is 6.18 Å². The second-order valence-corrected chi connectivity index (χ2v) is 8.26. The smallest absolute Gasteiger partial charge is 0.310 e. The van der Waals surface area contributed by atoms with E-state index in [1.165, 1.54) is 0 Å². The lowest BCUT2D eigenvalue weighted by Crippen LogP contribution is -2.05. The van der Waals surface area contributed by atoms with Crippen molar-refractivity contribution in [3.8, 4) is 11.5 Å². The molecule has 0 bridgehead atoms. The van der Waals surface area contributed by atoms with Crippen LogP contribution in [0.25, 0.3) is 33.5 Å². The van der Waals surface area contributed by atoms with Crippen molar-refractivity contribution < 1.29 is 13.2 Å². The molecular formula is C19H14BrF3N4S. The van der Waals surface area contributed by atoms with Gasteiger partial charge in [-0.15, -0.1) is 11.8 Å². The van der Waals surface area contributed by atoms with Crippen LogP contribution in [0.15, 0.2) is 46.0 Å². The number of fused-ring (bicyclic) bond motifs is 2. The molecule has 3 heterocycles. The molecule has 4 nitrogen and oxygen atoms in total. The molecule has 0 atom stereocenters. The predicted molar refractivity (Wildman–Crippen MR) is 108 cm³/mol. The van der Waals surface area contributed by atoms with Crippen LogP contribution < -0.4 is 0 Å². The minimum atomic E-state index is -4.46. The number of nitrogens with zero attached hydrogens (tertiary/aromatic N) is 4. The molecule has 0 N–H and O–H groups in total. The van der Waals surface area contributed by atoms with Crippen LogP contribution in [-0.4, -0.2) is 25.3 Å². The Hall–Kier alpha value is -2.13. The number of aryl methyl sites for hydroxylation is 1. The average molecular weight is 467 g/mol. The van der Waals surface area contributed by atoms with Crippen LogP contribution in [0.4, 0.5) is 13.2 Å². The summed E-state index contributed by atoms with van der Waals surface area (Å²) in [7, 11) is 1.73. The molecule has 0 amide bonds. The first-order valence-corrected chi connectivity index (χ1v) is 10.2.